The van der Waals surface area contributed by atoms with Crippen LogP contribution in [0, 0.1) is 0 Å². The number of rotatable bonds is 5. The molecule has 116 valence electrons. The molecule has 1 saturated heterocycles. The van der Waals surface area contributed by atoms with Crippen LogP contribution in [0.4, 0.5) is 0 Å². The first-order valence-corrected chi connectivity index (χ1v) is 8.78. The molecule has 0 spiro atoms. The van der Waals surface area contributed by atoms with Crippen LogP contribution in [0.15, 0.2) is 23.1 Å². The van der Waals surface area contributed by atoms with Gasteiger partial charge in [-0.05, 0) is 31.7 Å². The first-order valence-electron chi connectivity index (χ1n) is 7.39. The Morgan fingerprint density at radius 1 is 1.38 bits per heavy atom. The van der Waals surface area contributed by atoms with Crippen LogP contribution in [0.25, 0.3) is 0 Å². The largest absolute Gasteiger partial charge is 0.489 e. The molecular weight excluding hydrogens is 302 g/mol. The van der Waals surface area contributed by atoms with E-state index >= 15 is 0 Å². The minimum atomic E-state index is 0.152. The van der Waals surface area contributed by atoms with Crippen molar-refractivity contribution in [3.8, 4) is 5.75 Å². The molecule has 1 heterocycles. The minimum absolute atomic E-state index is 0.152. The highest BCUT2D eigenvalue weighted by atomic mass is 32.2. The third-order valence-electron chi connectivity index (χ3n) is 3.48. The highest BCUT2D eigenvalue weighted by Crippen LogP contribution is 2.32. The molecule has 0 amide bonds. The van der Waals surface area contributed by atoms with Gasteiger partial charge in [-0.25, -0.2) is 0 Å². The van der Waals surface area contributed by atoms with E-state index in [1.54, 1.807) is 11.8 Å². The Morgan fingerprint density at radius 3 is 2.62 bits per heavy atom. The van der Waals surface area contributed by atoms with Gasteiger partial charge in [0.25, 0.3) is 0 Å². The summed E-state index contributed by atoms with van der Waals surface area (Å²) >= 11 is 6.96. The summed E-state index contributed by atoms with van der Waals surface area (Å²) in [5.41, 5.74) is 6.79. The summed E-state index contributed by atoms with van der Waals surface area (Å²) in [6.45, 7) is 6.29. The lowest BCUT2D eigenvalue weighted by Gasteiger charge is -2.32. The Balaban J connectivity index is 2.22. The number of benzene rings is 1. The SMILES string of the molecule is CCSc1cccc(OC2CC(C)OC(C)C2)c1C(N)=S. The maximum Gasteiger partial charge on any atom is 0.131 e. The van der Waals surface area contributed by atoms with Crippen molar-refractivity contribution in [1.29, 1.82) is 0 Å². The van der Waals surface area contributed by atoms with Crippen molar-refractivity contribution in [2.24, 2.45) is 5.73 Å². The molecule has 0 bridgehead atoms. The van der Waals surface area contributed by atoms with Crippen LogP contribution in [0.1, 0.15) is 39.2 Å². The maximum absolute atomic E-state index is 6.21. The lowest BCUT2D eigenvalue weighted by Crippen LogP contribution is -2.36. The topological polar surface area (TPSA) is 44.5 Å². The fourth-order valence-corrected chi connectivity index (χ4v) is 3.86. The quantitative estimate of drug-likeness (QED) is 0.659. The summed E-state index contributed by atoms with van der Waals surface area (Å²) < 4.78 is 12.0. The number of nitrogens with two attached hydrogens (primary N) is 1. The third-order valence-corrected chi connectivity index (χ3v) is 4.63. The van der Waals surface area contributed by atoms with Gasteiger partial charge in [-0.1, -0.05) is 25.2 Å². The van der Waals surface area contributed by atoms with Crippen LogP contribution in [-0.2, 0) is 4.74 Å². The van der Waals surface area contributed by atoms with E-state index < -0.39 is 0 Å². The smallest absolute Gasteiger partial charge is 0.131 e. The molecule has 0 saturated carbocycles. The molecule has 1 fully saturated rings. The molecule has 2 unspecified atom stereocenters. The zero-order chi connectivity index (χ0) is 15.4. The molecule has 0 aliphatic carbocycles. The van der Waals surface area contributed by atoms with Gasteiger partial charge >= 0.3 is 0 Å². The summed E-state index contributed by atoms with van der Waals surface area (Å²) in [7, 11) is 0. The summed E-state index contributed by atoms with van der Waals surface area (Å²) in [6, 6.07) is 6.01. The van der Waals surface area contributed by atoms with Gasteiger partial charge in [0.05, 0.1) is 17.8 Å². The van der Waals surface area contributed by atoms with Crippen molar-refractivity contribution in [3.05, 3.63) is 23.8 Å². The lowest BCUT2D eigenvalue weighted by atomic mass is 10.0. The van der Waals surface area contributed by atoms with Gasteiger partial charge in [-0.3, -0.25) is 0 Å². The standard InChI is InChI=1S/C16H23NO2S2/c1-4-21-14-7-5-6-13(15(14)16(17)20)19-12-8-10(2)18-11(3)9-12/h5-7,10-12H,4,8-9H2,1-3H3,(H2,17,20). The second kappa shape index (κ2) is 7.47. The van der Waals surface area contributed by atoms with Crippen molar-refractivity contribution in [3.63, 3.8) is 0 Å². The van der Waals surface area contributed by atoms with E-state index in [9.17, 15) is 0 Å². The van der Waals surface area contributed by atoms with E-state index in [0.717, 1.165) is 34.8 Å². The van der Waals surface area contributed by atoms with E-state index in [-0.39, 0.29) is 18.3 Å². The van der Waals surface area contributed by atoms with Crippen molar-refractivity contribution in [2.45, 2.75) is 56.8 Å². The van der Waals surface area contributed by atoms with E-state index in [0.29, 0.717) is 4.99 Å². The second-order valence-corrected chi connectivity index (χ2v) is 7.14. The highest BCUT2D eigenvalue weighted by molar-refractivity contribution is 7.99. The summed E-state index contributed by atoms with van der Waals surface area (Å²) in [4.78, 5) is 1.49. The van der Waals surface area contributed by atoms with E-state index in [1.807, 2.05) is 18.2 Å². The number of thiocarbonyl (C=S) groups is 1. The molecule has 3 nitrogen and oxygen atoms in total. The van der Waals surface area contributed by atoms with Gasteiger partial charge < -0.3 is 15.2 Å². The molecule has 2 atom stereocenters. The van der Waals surface area contributed by atoms with Gasteiger partial charge in [0.2, 0.25) is 0 Å². The van der Waals surface area contributed by atoms with Crippen LogP contribution >= 0.6 is 24.0 Å². The Kier molecular flexibility index (Phi) is 5.90. The summed E-state index contributed by atoms with van der Waals surface area (Å²) in [6.07, 6.45) is 2.39. The fourth-order valence-electron chi connectivity index (χ4n) is 2.75. The summed E-state index contributed by atoms with van der Waals surface area (Å²) in [5.74, 6) is 1.77. The Labute approximate surface area is 136 Å². The van der Waals surface area contributed by atoms with Crippen LogP contribution in [0.2, 0.25) is 0 Å². The van der Waals surface area contributed by atoms with Gasteiger partial charge in [0.1, 0.15) is 16.8 Å². The van der Waals surface area contributed by atoms with Crippen molar-refractivity contribution >= 4 is 29.0 Å². The Bertz CT molecular complexity index is 497. The van der Waals surface area contributed by atoms with E-state index in [1.165, 1.54) is 0 Å². The zero-order valence-electron chi connectivity index (χ0n) is 12.8. The molecule has 0 aromatic heterocycles. The normalized spacial score (nSPS) is 25.6. The first-order chi connectivity index (χ1) is 10.0. The van der Waals surface area contributed by atoms with Gasteiger partial charge in [0.15, 0.2) is 0 Å². The number of hydrogen-bond donors (Lipinski definition) is 1. The number of hydrogen-bond acceptors (Lipinski definition) is 4. The molecule has 21 heavy (non-hydrogen) atoms. The van der Waals surface area contributed by atoms with Crippen LogP contribution in [0.3, 0.4) is 0 Å². The summed E-state index contributed by atoms with van der Waals surface area (Å²) in [5, 5.41) is 0. The van der Waals surface area contributed by atoms with E-state index in [2.05, 4.69) is 20.8 Å². The van der Waals surface area contributed by atoms with Crippen LogP contribution in [0.5, 0.6) is 5.75 Å². The zero-order valence-corrected chi connectivity index (χ0v) is 14.4. The number of thioether (sulfide) groups is 1. The predicted molar refractivity (Wildman–Crippen MR) is 92.4 cm³/mol. The maximum atomic E-state index is 6.21. The monoisotopic (exact) mass is 325 g/mol. The molecule has 1 aliphatic heterocycles. The first kappa shape index (κ1) is 16.6. The third kappa shape index (κ3) is 4.34. The molecule has 5 heteroatoms. The van der Waals surface area contributed by atoms with Gasteiger partial charge in [-0.15, -0.1) is 11.8 Å². The molecule has 0 radical (unpaired) electrons. The van der Waals surface area contributed by atoms with Gasteiger partial charge in [0, 0.05) is 17.7 Å². The molecule has 2 rings (SSSR count). The molecule has 1 aromatic rings. The molecule has 1 aliphatic rings. The van der Waals surface area contributed by atoms with Crippen molar-refractivity contribution < 1.29 is 9.47 Å². The van der Waals surface area contributed by atoms with E-state index in [4.69, 9.17) is 27.4 Å². The average Bonchev–Trinajstić information content (AvgIpc) is 2.37. The second-order valence-electron chi connectivity index (χ2n) is 5.40. The minimum Gasteiger partial charge on any atom is -0.489 e. The number of ether oxygens (including phenoxy) is 2. The Morgan fingerprint density at radius 2 is 2.05 bits per heavy atom. The van der Waals surface area contributed by atoms with Crippen LogP contribution in [-0.4, -0.2) is 29.1 Å². The molecular formula is C16H23NO2S2. The molecule has 1 aromatic carbocycles. The van der Waals surface area contributed by atoms with Crippen LogP contribution < -0.4 is 10.5 Å². The lowest BCUT2D eigenvalue weighted by molar-refractivity contribution is -0.0722. The average molecular weight is 325 g/mol. The van der Waals surface area contributed by atoms with Crippen molar-refractivity contribution in [2.75, 3.05) is 5.75 Å². The molecule has 2 N–H and O–H groups in total. The Hall–Kier alpha value is -0.780. The highest BCUT2D eigenvalue weighted by Gasteiger charge is 2.27. The van der Waals surface area contributed by atoms with Crippen molar-refractivity contribution in [1.82, 2.24) is 0 Å². The van der Waals surface area contributed by atoms with Gasteiger partial charge in [-0.2, -0.15) is 0 Å². The fraction of sp³-hybridized carbons (Fsp3) is 0.562. The predicted octanol–water partition coefficient (Wildman–Crippen LogP) is 3.77.